The van der Waals surface area contributed by atoms with Gasteiger partial charge in [0.25, 0.3) is 0 Å². The minimum absolute atomic E-state index is 0. The molecule has 12 heterocycles. The molecule has 0 unspecified atom stereocenters. The molecule has 0 spiro atoms. The normalized spacial score (nSPS) is 15.3. The molecule has 9 aromatic heterocycles. The van der Waals surface area contributed by atoms with Crippen LogP contribution in [0.15, 0.2) is 125 Å². The van der Waals surface area contributed by atoms with Gasteiger partial charge < -0.3 is 14.7 Å². The minimum Gasteiger partial charge on any atom is -0.304 e. The van der Waals surface area contributed by atoms with Crippen LogP contribution in [0.3, 0.4) is 0 Å². The Bertz CT molecular complexity index is 3840. The van der Waals surface area contributed by atoms with Gasteiger partial charge in [0.15, 0.2) is 16.9 Å². The molecule has 3 aliphatic heterocycles. The Morgan fingerprint density at radius 2 is 0.796 bits per heavy atom. The number of aromatic nitrogens is 15. The van der Waals surface area contributed by atoms with Crippen molar-refractivity contribution in [2.45, 2.75) is 41.9 Å². The van der Waals surface area contributed by atoms with Crippen molar-refractivity contribution in [1.29, 1.82) is 0 Å². The molecular weight excluding hydrogens is 1290 g/mol. The van der Waals surface area contributed by atoms with Crippen molar-refractivity contribution in [3.05, 3.63) is 140 Å². The second-order valence-electron chi connectivity index (χ2n) is 22.5. The number of halogens is 3. The molecule has 3 aliphatic rings. The van der Waals surface area contributed by atoms with Gasteiger partial charge in [0.1, 0.15) is 44.9 Å². The van der Waals surface area contributed by atoms with Crippen LogP contribution >= 0.6 is 68.8 Å². The van der Waals surface area contributed by atoms with Crippen LogP contribution in [0.4, 0.5) is 0 Å². The van der Waals surface area contributed by atoms with E-state index in [0.29, 0.717) is 43.4 Å². The van der Waals surface area contributed by atoms with Gasteiger partial charge in [-0.3, -0.25) is 19.7 Å². The maximum atomic E-state index is 6.87. The lowest BCUT2D eigenvalue weighted by Crippen LogP contribution is -2.45. The summed E-state index contributed by atoms with van der Waals surface area (Å²) in [5, 5.41) is 50.4. The molecule has 486 valence electrons. The van der Waals surface area contributed by atoms with Gasteiger partial charge in [-0.1, -0.05) is 148 Å². The highest BCUT2D eigenvalue weighted by Crippen LogP contribution is 2.41. The topological polar surface area (TPSA) is 189 Å². The summed E-state index contributed by atoms with van der Waals surface area (Å²) in [5.74, 6) is 0. The lowest BCUT2D eigenvalue weighted by atomic mass is 10.1. The SMILES string of the molecule is C.C.C.CN1CCN(CCn2nc(-c3ccccc3)c3c(Cl)c(-c4cncs4)nnc32)CC1.CN1CCN(CCn2nc(-c3ccccc3)c3c(Cl)c(-c4cscn4)nnc32)CC1.CN1CCN(CCn2nc(-c3ccccc3)c3c(Cl)c(-c4nccs4)nnc32)CC1. The zero-order chi connectivity index (χ0) is 61.5. The second kappa shape index (κ2) is 31.8. The summed E-state index contributed by atoms with van der Waals surface area (Å²) in [7, 11) is 6.51. The highest BCUT2D eigenvalue weighted by molar-refractivity contribution is 7.13. The molecule has 3 aromatic carbocycles. The van der Waals surface area contributed by atoms with Crippen molar-refractivity contribution in [3.63, 3.8) is 0 Å². The number of hydrogen-bond donors (Lipinski definition) is 0. The highest BCUT2D eigenvalue weighted by atomic mass is 35.5. The molecule has 93 heavy (non-hydrogen) atoms. The van der Waals surface area contributed by atoms with E-state index in [2.05, 4.69) is 108 Å². The average molecular weight is 1370 g/mol. The largest absolute Gasteiger partial charge is 0.304 e. The van der Waals surface area contributed by atoms with Gasteiger partial charge in [0.2, 0.25) is 0 Å². The van der Waals surface area contributed by atoms with Gasteiger partial charge in [-0.15, -0.1) is 64.6 Å². The minimum atomic E-state index is 0. The summed E-state index contributed by atoms with van der Waals surface area (Å²) in [6, 6.07) is 30.3. The average Bonchev–Trinajstić information content (AvgIpc) is 1.65. The number of rotatable bonds is 15. The van der Waals surface area contributed by atoms with Crippen LogP contribution in [-0.4, -0.2) is 224 Å². The Morgan fingerprint density at radius 3 is 1.16 bits per heavy atom. The van der Waals surface area contributed by atoms with Crippen molar-refractivity contribution in [2.24, 2.45) is 0 Å². The maximum absolute atomic E-state index is 6.87. The van der Waals surface area contributed by atoms with E-state index in [9.17, 15) is 0 Å². The van der Waals surface area contributed by atoms with E-state index < -0.39 is 0 Å². The van der Waals surface area contributed by atoms with Crippen LogP contribution in [0.1, 0.15) is 22.3 Å². The van der Waals surface area contributed by atoms with Gasteiger partial charge in [0.05, 0.1) is 66.8 Å². The Kier molecular flexibility index (Phi) is 23.5. The highest BCUT2D eigenvalue weighted by Gasteiger charge is 2.27. The summed E-state index contributed by atoms with van der Waals surface area (Å²) in [5.41, 5.74) is 13.9. The number of likely N-dealkylation sites (N-methyl/N-ethyl adjacent to an activating group) is 3. The lowest BCUT2D eigenvalue weighted by Gasteiger charge is -2.32. The molecule has 0 amide bonds. The number of fused-ring (bicyclic) bond motifs is 3. The first-order valence-corrected chi connectivity index (χ1v) is 33.8. The van der Waals surface area contributed by atoms with E-state index in [-0.39, 0.29) is 22.3 Å². The lowest BCUT2D eigenvalue weighted by molar-refractivity contribution is 0.149. The van der Waals surface area contributed by atoms with Crippen molar-refractivity contribution >= 4 is 102 Å². The molecule has 0 aliphatic carbocycles. The molecule has 12 aromatic rings. The van der Waals surface area contributed by atoms with Crippen LogP contribution in [-0.2, 0) is 19.6 Å². The van der Waals surface area contributed by atoms with Gasteiger partial charge in [-0.05, 0) is 21.1 Å². The molecular formula is C66H78Cl3N21S3. The molecule has 0 bridgehead atoms. The number of nitrogens with zero attached hydrogens (tertiary/aromatic N) is 21. The Balaban J connectivity index is 0.000000150. The smallest absolute Gasteiger partial charge is 0.182 e. The van der Waals surface area contributed by atoms with E-state index in [1.807, 2.05) is 104 Å². The predicted octanol–water partition coefficient (Wildman–Crippen LogP) is 12.5. The monoisotopic (exact) mass is 1370 g/mol. The van der Waals surface area contributed by atoms with Crippen LogP contribution in [0.5, 0.6) is 0 Å². The molecule has 3 saturated heterocycles. The Labute approximate surface area is 570 Å². The number of benzene rings is 3. The number of hydrogen-bond acceptors (Lipinski definition) is 21. The quantitative estimate of drug-likeness (QED) is 0.0941. The third kappa shape index (κ3) is 15.5. The van der Waals surface area contributed by atoms with E-state index in [4.69, 9.17) is 50.1 Å². The first-order chi connectivity index (χ1) is 44.1. The van der Waals surface area contributed by atoms with Crippen molar-refractivity contribution in [1.82, 2.24) is 104 Å². The van der Waals surface area contributed by atoms with Gasteiger partial charge in [-0.2, -0.15) is 15.3 Å². The van der Waals surface area contributed by atoms with Gasteiger partial charge in [0, 0.05) is 138 Å². The fraction of sp³-hybridized carbons (Fsp3) is 0.364. The second-order valence-corrected chi connectivity index (χ2v) is 26.1. The van der Waals surface area contributed by atoms with E-state index >= 15 is 0 Å². The summed E-state index contributed by atoms with van der Waals surface area (Å²) in [6.45, 7) is 18.0. The molecule has 27 heteroatoms. The summed E-state index contributed by atoms with van der Waals surface area (Å²) < 4.78 is 5.84. The first-order valence-electron chi connectivity index (χ1n) is 30.0. The molecule has 0 radical (unpaired) electrons. The molecule has 0 N–H and O–H groups in total. The fourth-order valence-electron chi connectivity index (χ4n) is 11.3. The van der Waals surface area contributed by atoms with Crippen LogP contribution in [0.25, 0.3) is 99.5 Å². The Morgan fingerprint density at radius 1 is 0.409 bits per heavy atom. The van der Waals surface area contributed by atoms with Crippen molar-refractivity contribution < 1.29 is 0 Å². The standard InChI is InChI=1S/3C21H22ClN7S.3CH4/c1-27-8-10-28(11-9-27)12-13-29-20-16(18(26-29)15-5-3-2-4-6-15)17(22)19(24-25-20)21-23-7-14-30-21;1-27-7-9-28(10-8-27)11-12-29-21-17(19(26-29)15-5-3-2-4-6-15)18(22)20(24-25-21)16-13-30-14-23-16;1-27-7-9-28(10-8-27)11-12-29-21-17(19(26-29)15-5-3-2-4-6-15)18(22)20(24-25-21)16-13-23-14-30-16;;;/h2-7,14H,8-13H2,1H3;2*2-6,13-14H,7-12H2,1H3;3*1H4. The summed E-state index contributed by atoms with van der Waals surface area (Å²) in [4.78, 5) is 28.3. The summed E-state index contributed by atoms with van der Waals surface area (Å²) in [6.07, 6.45) is 3.52. The van der Waals surface area contributed by atoms with Crippen molar-refractivity contribution in [3.8, 4) is 66.4 Å². The van der Waals surface area contributed by atoms with E-state index in [1.165, 1.54) is 34.0 Å². The number of thiazole rings is 3. The number of piperazine rings is 3. The van der Waals surface area contributed by atoms with Crippen molar-refractivity contribution in [2.75, 3.05) is 119 Å². The molecule has 21 nitrogen and oxygen atoms in total. The molecule has 15 rings (SSSR count). The zero-order valence-corrected chi connectivity index (χ0v) is 54.8. The third-order valence-electron chi connectivity index (χ3n) is 16.6. The zero-order valence-electron chi connectivity index (χ0n) is 50.1. The van der Waals surface area contributed by atoms with Crippen LogP contribution < -0.4 is 0 Å². The Hall–Kier alpha value is -7.17. The maximum Gasteiger partial charge on any atom is 0.182 e. The predicted molar refractivity (Wildman–Crippen MR) is 383 cm³/mol. The van der Waals surface area contributed by atoms with E-state index in [1.54, 1.807) is 23.4 Å². The fourth-order valence-corrected chi connectivity index (χ4v) is 14.1. The third-order valence-corrected chi connectivity index (χ3v) is 19.8. The molecule has 0 saturated carbocycles. The van der Waals surface area contributed by atoms with Crippen LogP contribution in [0.2, 0.25) is 15.1 Å². The first kappa shape index (κ1) is 68.7. The van der Waals surface area contributed by atoms with Gasteiger partial charge in [-0.25, -0.2) is 24.0 Å². The van der Waals surface area contributed by atoms with Gasteiger partial charge >= 0.3 is 0 Å². The molecule has 3 fully saturated rings. The molecule has 0 atom stereocenters. The van der Waals surface area contributed by atoms with Crippen LogP contribution in [0, 0.1) is 0 Å². The van der Waals surface area contributed by atoms with E-state index in [0.717, 1.165) is 189 Å². The summed E-state index contributed by atoms with van der Waals surface area (Å²) >= 11 is 25.1.